The minimum Gasteiger partial charge on any atom is -0.313 e. The molecule has 2 aromatic rings. The van der Waals surface area contributed by atoms with Crippen LogP contribution >= 0.6 is 0 Å². The summed E-state index contributed by atoms with van der Waals surface area (Å²) in [6.45, 7) is 1.85. The van der Waals surface area contributed by atoms with Crippen molar-refractivity contribution in [3.05, 3.63) is 70.8 Å². The first-order valence-electron chi connectivity index (χ1n) is 6.28. The highest BCUT2D eigenvalue weighted by Crippen LogP contribution is 2.23. The van der Waals surface area contributed by atoms with E-state index < -0.39 is 0 Å². The fraction of sp³-hybridized carbons (Fsp3) is 0.250. The van der Waals surface area contributed by atoms with Crippen molar-refractivity contribution in [3.63, 3.8) is 0 Å². The largest absolute Gasteiger partial charge is 0.313 e. The molecule has 0 fully saturated rings. The molecule has 1 atom stereocenters. The van der Waals surface area contributed by atoms with E-state index in [1.54, 1.807) is 31.3 Å². The lowest BCUT2D eigenvalue weighted by molar-refractivity contribution is 0.519. The summed E-state index contributed by atoms with van der Waals surface area (Å²) >= 11 is 0. The zero-order valence-electron chi connectivity index (χ0n) is 11.1. The fourth-order valence-corrected chi connectivity index (χ4v) is 2.17. The van der Waals surface area contributed by atoms with E-state index in [9.17, 15) is 8.78 Å². The topological polar surface area (TPSA) is 12.0 Å². The van der Waals surface area contributed by atoms with E-state index in [1.807, 2.05) is 13.0 Å². The predicted octanol–water partition coefficient (Wildman–Crippen LogP) is 3.78. The molecule has 0 aromatic heterocycles. The molecule has 0 saturated carbocycles. The molecular weight excluding hydrogens is 244 g/mol. The summed E-state index contributed by atoms with van der Waals surface area (Å²) in [5.41, 5.74) is 2.03. The summed E-state index contributed by atoms with van der Waals surface area (Å²) in [6.07, 6.45) is 0.420. The zero-order valence-corrected chi connectivity index (χ0v) is 11.1. The summed E-state index contributed by atoms with van der Waals surface area (Å²) in [5.74, 6) is -0.508. The molecule has 1 nitrogen and oxygen atoms in total. The lowest BCUT2D eigenvalue weighted by atomic mass is 9.97. The Labute approximate surface area is 112 Å². The van der Waals surface area contributed by atoms with Crippen LogP contribution < -0.4 is 5.32 Å². The molecule has 0 saturated heterocycles. The first-order valence-corrected chi connectivity index (χ1v) is 6.28. The Bertz CT molecular complexity index is 566. The SMILES string of the molecule is CNC(Cc1ccccc1F)c1ccc(C)cc1F. The molecule has 0 bridgehead atoms. The highest BCUT2D eigenvalue weighted by molar-refractivity contribution is 5.28. The minimum absolute atomic E-state index is 0.238. The van der Waals surface area contributed by atoms with Crippen LogP contribution in [0.4, 0.5) is 8.78 Å². The Morgan fingerprint density at radius 2 is 1.79 bits per heavy atom. The second-order valence-corrected chi connectivity index (χ2v) is 4.66. The third-order valence-corrected chi connectivity index (χ3v) is 3.26. The van der Waals surface area contributed by atoms with E-state index >= 15 is 0 Å². The third kappa shape index (κ3) is 3.18. The van der Waals surface area contributed by atoms with E-state index in [0.717, 1.165) is 5.56 Å². The van der Waals surface area contributed by atoms with Gasteiger partial charge in [-0.15, -0.1) is 0 Å². The van der Waals surface area contributed by atoms with Gasteiger partial charge in [-0.2, -0.15) is 0 Å². The van der Waals surface area contributed by atoms with Crippen LogP contribution in [0.5, 0.6) is 0 Å². The van der Waals surface area contributed by atoms with Crippen molar-refractivity contribution in [2.75, 3.05) is 7.05 Å². The van der Waals surface area contributed by atoms with Crippen molar-refractivity contribution in [3.8, 4) is 0 Å². The van der Waals surface area contributed by atoms with Gasteiger partial charge in [-0.25, -0.2) is 8.78 Å². The third-order valence-electron chi connectivity index (χ3n) is 3.26. The van der Waals surface area contributed by atoms with Crippen molar-refractivity contribution >= 4 is 0 Å². The molecule has 0 radical (unpaired) electrons. The van der Waals surface area contributed by atoms with Gasteiger partial charge in [0.2, 0.25) is 0 Å². The first-order chi connectivity index (χ1) is 9.11. The summed E-state index contributed by atoms with van der Waals surface area (Å²) < 4.78 is 27.6. The van der Waals surface area contributed by atoms with E-state index in [1.165, 1.54) is 12.1 Å². The molecule has 19 heavy (non-hydrogen) atoms. The van der Waals surface area contributed by atoms with Crippen molar-refractivity contribution in [1.82, 2.24) is 5.32 Å². The number of nitrogens with one attached hydrogen (secondary N) is 1. The van der Waals surface area contributed by atoms with Crippen LogP contribution in [0.3, 0.4) is 0 Å². The number of likely N-dealkylation sites (N-methyl/N-ethyl adjacent to an activating group) is 1. The molecule has 0 aliphatic heterocycles. The Kier molecular flexibility index (Phi) is 4.27. The van der Waals surface area contributed by atoms with Gasteiger partial charge < -0.3 is 5.32 Å². The first kappa shape index (κ1) is 13.7. The highest BCUT2D eigenvalue weighted by Gasteiger charge is 2.16. The van der Waals surface area contributed by atoms with Gasteiger partial charge in [-0.1, -0.05) is 30.3 Å². The lowest BCUT2D eigenvalue weighted by Gasteiger charge is -2.18. The molecule has 1 unspecified atom stereocenters. The summed E-state index contributed by atoms with van der Waals surface area (Å²) in [5, 5.41) is 3.05. The maximum absolute atomic E-state index is 14.0. The van der Waals surface area contributed by atoms with Crippen LogP contribution in [0.2, 0.25) is 0 Å². The molecule has 0 amide bonds. The molecule has 1 N–H and O–H groups in total. The highest BCUT2D eigenvalue weighted by atomic mass is 19.1. The Balaban J connectivity index is 2.28. The van der Waals surface area contributed by atoms with Crippen LogP contribution in [0.15, 0.2) is 42.5 Å². The molecule has 2 rings (SSSR count). The van der Waals surface area contributed by atoms with Crippen molar-refractivity contribution < 1.29 is 8.78 Å². The van der Waals surface area contributed by atoms with Gasteiger partial charge in [0.1, 0.15) is 11.6 Å². The normalized spacial score (nSPS) is 12.4. The van der Waals surface area contributed by atoms with Crippen molar-refractivity contribution in [2.45, 2.75) is 19.4 Å². The number of benzene rings is 2. The van der Waals surface area contributed by atoms with Crippen LogP contribution in [0, 0.1) is 18.6 Å². The number of hydrogen-bond acceptors (Lipinski definition) is 1. The Morgan fingerprint density at radius 3 is 2.42 bits per heavy atom. The van der Waals surface area contributed by atoms with Gasteiger partial charge >= 0.3 is 0 Å². The molecule has 100 valence electrons. The molecule has 0 spiro atoms. The van der Waals surface area contributed by atoms with Gasteiger partial charge in [0, 0.05) is 11.6 Å². The minimum atomic E-state index is -0.254. The van der Waals surface area contributed by atoms with Gasteiger partial charge in [0.15, 0.2) is 0 Å². The van der Waals surface area contributed by atoms with E-state index in [2.05, 4.69) is 5.32 Å². The molecule has 2 aromatic carbocycles. The molecule has 3 heteroatoms. The van der Waals surface area contributed by atoms with Crippen LogP contribution in [0.25, 0.3) is 0 Å². The van der Waals surface area contributed by atoms with Crippen LogP contribution in [-0.2, 0) is 6.42 Å². The lowest BCUT2D eigenvalue weighted by Crippen LogP contribution is -2.20. The number of rotatable bonds is 4. The number of aryl methyl sites for hydroxylation is 1. The van der Waals surface area contributed by atoms with Gasteiger partial charge in [-0.3, -0.25) is 0 Å². The van der Waals surface area contributed by atoms with Crippen molar-refractivity contribution in [1.29, 1.82) is 0 Å². The standard InChI is InChI=1S/C16H17F2N/c1-11-7-8-13(15(18)9-11)16(19-2)10-12-5-3-4-6-14(12)17/h3-9,16,19H,10H2,1-2H3. The van der Waals surface area contributed by atoms with E-state index in [4.69, 9.17) is 0 Å². The number of hydrogen-bond donors (Lipinski definition) is 1. The summed E-state index contributed by atoms with van der Waals surface area (Å²) in [4.78, 5) is 0. The Hall–Kier alpha value is -1.74. The average Bonchev–Trinajstić information content (AvgIpc) is 2.39. The van der Waals surface area contributed by atoms with Crippen LogP contribution in [-0.4, -0.2) is 7.05 Å². The monoisotopic (exact) mass is 261 g/mol. The van der Waals surface area contributed by atoms with Gasteiger partial charge in [0.05, 0.1) is 0 Å². The molecule has 0 aliphatic carbocycles. The molecular formula is C16H17F2N. The average molecular weight is 261 g/mol. The van der Waals surface area contributed by atoms with E-state index in [0.29, 0.717) is 17.5 Å². The van der Waals surface area contributed by atoms with Gasteiger partial charge in [0.25, 0.3) is 0 Å². The molecule has 0 heterocycles. The second-order valence-electron chi connectivity index (χ2n) is 4.66. The zero-order chi connectivity index (χ0) is 13.8. The fourth-order valence-electron chi connectivity index (χ4n) is 2.17. The van der Waals surface area contributed by atoms with E-state index in [-0.39, 0.29) is 17.7 Å². The summed E-state index contributed by atoms with van der Waals surface area (Å²) in [7, 11) is 1.75. The second kappa shape index (κ2) is 5.93. The molecule has 0 aliphatic rings. The van der Waals surface area contributed by atoms with Crippen molar-refractivity contribution in [2.24, 2.45) is 0 Å². The summed E-state index contributed by atoms with van der Waals surface area (Å²) in [6, 6.07) is 11.5. The number of halogens is 2. The Morgan fingerprint density at radius 1 is 1.05 bits per heavy atom. The smallest absolute Gasteiger partial charge is 0.128 e. The maximum atomic E-state index is 14.0. The van der Waals surface area contributed by atoms with Crippen LogP contribution in [0.1, 0.15) is 22.7 Å². The maximum Gasteiger partial charge on any atom is 0.128 e. The van der Waals surface area contributed by atoms with Gasteiger partial charge in [-0.05, 0) is 43.7 Å². The predicted molar refractivity (Wildman–Crippen MR) is 73.0 cm³/mol. The quantitative estimate of drug-likeness (QED) is 0.883.